The zero-order valence-electron chi connectivity index (χ0n) is 21.0. The number of phenols is 1. The SMILES string of the molecule is CC(C)(C)c1cc(/C=N\Nc2ccc3ccccc3n2)c(O)c(/C=N\Nc2ccc3ccccc3n2)c1. The number of nitrogens with zero attached hydrogens (tertiary/aromatic N) is 4. The fourth-order valence-corrected chi connectivity index (χ4v) is 3.90. The molecule has 0 aliphatic heterocycles. The molecule has 3 N–H and O–H groups in total. The first-order valence-electron chi connectivity index (χ1n) is 12.0. The number of fused-ring (bicyclic) bond motifs is 2. The summed E-state index contributed by atoms with van der Waals surface area (Å²) >= 11 is 0. The molecule has 0 amide bonds. The van der Waals surface area contributed by atoms with E-state index in [1.54, 1.807) is 12.4 Å². The number of pyridine rings is 2. The molecule has 0 radical (unpaired) electrons. The van der Waals surface area contributed by atoms with Crippen LogP contribution in [0.15, 0.2) is 95.1 Å². The van der Waals surface area contributed by atoms with Crippen LogP contribution in [0.1, 0.15) is 37.5 Å². The molecule has 0 aliphatic carbocycles. The molecule has 0 spiro atoms. The standard InChI is InChI=1S/C30H28N6O/c1-30(2,3)24-16-22(18-31-35-27-14-12-20-8-4-6-10-25(20)33-27)29(37)23(17-24)19-32-36-28-15-13-21-9-5-7-11-26(21)34-28/h4-19,37H,1-3H3,(H,33,35)(H,34,36)/b31-18-,32-19-. The van der Waals surface area contributed by atoms with E-state index in [2.05, 4.69) is 51.8 Å². The molecular weight excluding hydrogens is 460 g/mol. The molecule has 7 heteroatoms. The van der Waals surface area contributed by atoms with E-state index in [1.807, 2.05) is 84.9 Å². The van der Waals surface area contributed by atoms with Crippen molar-refractivity contribution in [1.82, 2.24) is 9.97 Å². The Morgan fingerprint density at radius 2 is 1.14 bits per heavy atom. The Hall–Kier alpha value is -4.78. The van der Waals surface area contributed by atoms with Crippen LogP contribution in [0.4, 0.5) is 11.6 Å². The summed E-state index contributed by atoms with van der Waals surface area (Å²) in [5.74, 6) is 1.33. The van der Waals surface area contributed by atoms with Gasteiger partial charge in [0.15, 0.2) is 0 Å². The number of hydrazone groups is 2. The van der Waals surface area contributed by atoms with Crippen LogP contribution in [0.3, 0.4) is 0 Å². The molecule has 5 aromatic rings. The molecule has 184 valence electrons. The van der Waals surface area contributed by atoms with Gasteiger partial charge in [-0.2, -0.15) is 10.2 Å². The van der Waals surface area contributed by atoms with Gasteiger partial charge in [-0.25, -0.2) is 9.97 Å². The molecule has 0 bridgehead atoms. The van der Waals surface area contributed by atoms with Crippen molar-refractivity contribution in [2.24, 2.45) is 10.2 Å². The van der Waals surface area contributed by atoms with Crippen LogP contribution in [0.5, 0.6) is 5.75 Å². The van der Waals surface area contributed by atoms with Crippen molar-refractivity contribution in [3.63, 3.8) is 0 Å². The molecule has 37 heavy (non-hydrogen) atoms. The summed E-state index contributed by atoms with van der Waals surface area (Å²) in [5, 5.41) is 21.8. The highest BCUT2D eigenvalue weighted by Gasteiger charge is 2.18. The number of nitrogens with one attached hydrogen (secondary N) is 2. The Balaban J connectivity index is 1.38. The van der Waals surface area contributed by atoms with E-state index >= 15 is 0 Å². The molecule has 0 saturated carbocycles. The zero-order chi connectivity index (χ0) is 25.8. The summed E-state index contributed by atoms with van der Waals surface area (Å²) < 4.78 is 0. The predicted octanol–water partition coefficient (Wildman–Crippen LogP) is 6.68. The van der Waals surface area contributed by atoms with Gasteiger partial charge in [-0.15, -0.1) is 0 Å². The van der Waals surface area contributed by atoms with Crippen LogP contribution < -0.4 is 10.9 Å². The van der Waals surface area contributed by atoms with Crippen LogP contribution in [0.2, 0.25) is 0 Å². The number of hydrogen-bond acceptors (Lipinski definition) is 7. The molecule has 0 saturated heterocycles. The van der Waals surface area contributed by atoms with E-state index < -0.39 is 0 Å². The zero-order valence-corrected chi connectivity index (χ0v) is 21.0. The smallest absolute Gasteiger partial charge is 0.146 e. The number of para-hydroxylation sites is 2. The number of benzene rings is 3. The van der Waals surface area contributed by atoms with Crippen LogP contribution >= 0.6 is 0 Å². The fraction of sp³-hybridized carbons (Fsp3) is 0.133. The van der Waals surface area contributed by atoms with Gasteiger partial charge in [-0.05, 0) is 59.5 Å². The van der Waals surface area contributed by atoms with Gasteiger partial charge in [0.2, 0.25) is 0 Å². The lowest BCUT2D eigenvalue weighted by atomic mass is 9.85. The van der Waals surface area contributed by atoms with E-state index in [1.165, 1.54) is 0 Å². The topological polar surface area (TPSA) is 94.8 Å². The van der Waals surface area contributed by atoms with Gasteiger partial charge in [0, 0.05) is 21.9 Å². The third-order valence-electron chi connectivity index (χ3n) is 6.00. The number of phenolic OH excluding ortho intramolecular Hbond substituents is 1. The van der Waals surface area contributed by atoms with Crippen LogP contribution in [0.25, 0.3) is 21.8 Å². The van der Waals surface area contributed by atoms with Crippen LogP contribution in [0, 0.1) is 0 Å². The van der Waals surface area contributed by atoms with Crippen molar-refractivity contribution in [3.05, 3.63) is 102 Å². The van der Waals surface area contributed by atoms with Gasteiger partial charge < -0.3 is 5.11 Å². The average molecular weight is 489 g/mol. The van der Waals surface area contributed by atoms with Crippen LogP contribution in [-0.2, 0) is 5.41 Å². The molecule has 0 aliphatic rings. The number of aromatic nitrogens is 2. The highest BCUT2D eigenvalue weighted by molar-refractivity contribution is 5.93. The van der Waals surface area contributed by atoms with Gasteiger partial charge >= 0.3 is 0 Å². The lowest BCUT2D eigenvalue weighted by Gasteiger charge is -2.21. The molecular formula is C30H28N6O. The molecule has 0 unspecified atom stereocenters. The van der Waals surface area contributed by atoms with Crippen molar-refractivity contribution < 1.29 is 5.11 Å². The molecule has 3 aromatic carbocycles. The van der Waals surface area contributed by atoms with Crippen molar-refractivity contribution >= 4 is 45.9 Å². The van der Waals surface area contributed by atoms with E-state index in [0.29, 0.717) is 22.8 Å². The minimum absolute atomic E-state index is 0.0852. The maximum atomic E-state index is 11.0. The quantitative estimate of drug-likeness (QED) is 0.183. The first-order chi connectivity index (χ1) is 17.9. The van der Waals surface area contributed by atoms with Gasteiger partial charge in [-0.1, -0.05) is 57.2 Å². The minimum Gasteiger partial charge on any atom is -0.507 e. The number of rotatable bonds is 6. The van der Waals surface area contributed by atoms with Crippen molar-refractivity contribution in [2.75, 3.05) is 10.9 Å². The summed E-state index contributed by atoms with van der Waals surface area (Å²) in [7, 11) is 0. The average Bonchev–Trinajstić information content (AvgIpc) is 2.89. The van der Waals surface area contributed by atoms with Crippen molar-refractivity contribution in [1.29, 1.82) is 0 Å². The number of hydrogen-bond donors (Lipinski definition) is 3. The lowest BCUT2D eigenvalue weighted by Crippen LogP contribution is -2.12. The summed E-state index contributed by atoms with van der Waals surface area (Å²) in [4.78, 5) is 9.14. The molecule has 0 fully saturated rings. The lowest BCUT2D eigenvalue weighted by molar-refractivity contribution is 0.472. The second-order valence-electron chi connectivity index (χ2n) is 9.77. The van der Waals surface area contributed by atoms with E-state index in [0.717, 1.165) is 27.4 Å². The van der Waals surface area contributed by atoms with Crippen molar-refractivity contribution in [3.8, 4) is 5.75 Å². The molecule has 5 rings (SSSR count). The second kappa shape index (κ2) is 10.1. The largest absolute Gasteiger partial charge is 0.507 e. The minimum atomic E-state index is -0.139. The van der Waals surface area contributed by atoms with E-state index in [9.17, 15) is 5.11 Å². The van der Waals surface area contributed by atoms with Gasteiger partial charge in [-0.3, -0.25) is 10.9 Å². The highest BCUT2D eigenvalue weighted by atomic mass is 16.3. The molecule has 0 atom stereocenters. The molecule has 7 nitrogen and oxygen atoms in total. The maximum absolute atomic E-state index is 11.0. The molecule has 2 aromatic heterocycles. The summed E-state index contributed by atoms with van der Waals surface area (Å²) in [6.45, 7) is 6.36. The highest BCUT2D eigenvalue weighted by Crippen LogP contribution is 2.30. The third-order valence-corrected chi connectivity index (χ3v) is 6.00. The summed E-state index contributed by atoms with van der Waals surface area (Å²) in [6.07, 6.45) is 3.19. The number of anilines is 2. The van der Waals surface area contributed by atoms with Gasteiger partial charge in [0.25, 0.3) is 0 Å². The summed E-state index contributed by atoms with van der Waals surface area (Å²) in [5.41, 5.74) is 9.74. The number of aromatic hydroxyl groups is 1. The molecule has 2 heterocycles. The Morgan fingerprint density at radius 3 is 1.59 bits per heavy atom. The van der Waals surface area contributed by atoms with Gasteiger partial charge in [0.1, 0.15) is 17.4 Å². The predicted molar refractivity (Wildman–Crippen MR) is 153 cm³/mol. The Bertz CT molecular complexity index is 1520. The van der Waals surface area contributed by atoms with E-state index in [-0.39, 0.29) is 11.2 Å². The fourth-order valence-electron chi connectivity index (χ4n) is 3.90. The van der Waals surface area contributed by atoms with Crippen LogP contribution in [-0.4, -0.2) is 27.5 Å². The third kappa shape index (κ3) is 5.56. The van der Waals surface area contributed by atoms with E-state index in [4.69, 9.17) is 0 Å². The Morgan fingerprint density at radius 1 is 0.676 bits per heavy atom. The Labute approximate surface area is 215 Å². The van der Waals surface area contributed by atoms with Gasteiger partial charge in [0.05, 0.1) is 23.5 Å². The maximum Gasteiger partial charge on any atom is 0.146 e. The first kappa shape index (κ1) is 23.9. The monoisotopic (exact) mass is 488 g/mol. The first-order valence-corrected chi connectivity index (χ1v) is 12.0. The summed E-state index contributed by atoms with van der Waals surface area (Å²) in [6, 6.07) is 27.4. The second-order valence-corrected chi connectivity index (χ2v) is 9.77. The van der Waals surface area contributed by atoms with Crippen molar-refractivity contribution in [2.45, 2.75) is 26.2 Å². The Kier molecular flexibility index (Phi) is 6.51. The normalized spacial score (nSPS) is 12.1.